The van der Waals surface area contributed by atoms with E-state index in [0.29, 0.717) is 16.8 Å². The van der Waals surface area contributed by atoms with Crippen LogP contribution in [-0.4, -0.2) is 18.3 Å². The molecule has 2 nitrogen and oxygen atoms in total. The smallest absolute Gasteiger partial charge is 0.195 e. The summed E-state index contributed by atoms with van der Waals surface area (Å²) in [4.78, 5) is 18.4. The van der Waals surface area contributed by atoms with Crippen molar-refractivity contribution in [3.63, 3.8) is 0 Å². The Morgan fingerprint density at radius 1 is 0.875 bits per heavy atom. The first-order valence-corrected chi connectivity index (χ1v) is 8.87. The zero-order valence-electron chi connectivity index (χ0n) is 13.3. The number of carbonyl (C=O) groups excluding carboxylic acids is 1. The van der Waals surface area contributed by atoms with Crippen molar-refractivity contribution in [3.8, 4) is 0 Å². The van der Waals surface area contributed by atoms with Crippen molar-refractivity contribution in [2.45, 2.75) is 4.90 Å². The normalized spacial score (nSPS) is 10.9. The maximum atomic E-state index is 12.7. The van der Waals surface area contributed by atoms with Gasteiger partial charge in [0, 0.05) is 22.2 Å². The highest BCUT2D eigenvalue weighted by Crippen LogP contribution is 2.22. The third-order valence-corrected chi connectivity index (χ3v) is 4.40. The van der Waals surface area contributed by atoms with E-state index >= 15 is 0 Å². The molecule has 0 bridgehead atoms. The fourth-order valence-corrected chi connectivity index (χ4v) is 2.77. The summed E-state index contributed by atoms with van der Waals surface area (Å²) in [6.45, 7) is 0. The number of carbonyl (C=O) groups is 1. The SMILES string of the molecule is CSc1ccc(C=Nc2ccccc2C(=O)c2ccccc2)cc1. The Balaban J connectivity index is 1.89. The number of aliphatic imine (C=N–C) groups is 1. The summed E-state index contributed by atoms with van der Waals surface area (Å²) >= 11 is 1.71. The molecule has 0 saturated heterocycles. The van der Waals surface area contributed by atoms with Gasteiger partial charge in [0.15, 0.2) is 5.78 Å². The number of hydrogen-bond donors (Lipinski definition) is 0. The van der Waals surface area contributed by atoms with Gasteiger partial charge >= 0.3 is 0 Å². The van der Waals surface area contributed by atoms with Crippen molar-refractivity contribution < 1.29 is 4.79 Å². The van der Waals surface area contributed by atoms with Gasteiger partial charge in [0.2, 0.25) is 0 Å². The molecule has 24 heavy (non-hydrogen) atoms. The van der Waals surface area contributed by atoms with Crippen molar-refractivity contribution in [3.05, 3.63) is 95.6 Å². The Kier molecular flexibility index (Phi) is 5.24. The number of rotatable bonds is 5. The van der Waals surface area contributed by atoms with Gasteiger partial charge in [-0.2, -0.15) is 0 Å². The van der Waals surface area contributed by atoms with E-state index in [2.05, 4.69) is 23.4 Å². The third-order valence-electron chi connectivity index (χ3n) is 3.65. The Bertz CT molecular complexity index is 855. The van der Waals surface area contributed by atoms with Gasteiger partial charge in [0.05, 0.1) is 5.69 Å². The molecule has 0 aliphatic carbocycles. The lowest BCUT2D eigenvalue weighted by Crippen LogP contribution is -2.01. The van der Waals surface area contributed by atoms with E-state index in [1.54, 1.807) is 18.0 Å². The lowest BCUT2D eigenvalue weighted by Gasteiger charge is -2.05. The van der Waals surface area contributed by atoms with E-state index in [0.717, 1.165) is 5.56 Å². The Morgan fingerprint density at radius 3 is 2.25 bits per heavy atom. The summed E-state index contributed by atoms with van der Waals surface area (Å²) in [5, 5.41) is 0. The molecule has 3 aromatic carbocycles. The number of nitrogens with zero attached hydrogens (tertiary/aromatic N) is 1. The van der Waals surface area contributed by atoms with Gasteiger partial charge in [-0.15, -0.1) is 11.8 Å². The van der Waals surface area contributed by atoms with Crippen LogP contribution >= 0.6 is 11.8 Å². The zero-order valence-corrected chi connectivity index (χ0v) is 14.2. The second-order valence-electron chi connectivity index (χ2n) is 5.24. The maximum Gasteiger partial charge on any atom is 0.195 e. The van der Waals surface area contributed by atoms with Crippen LogP contribution in [0.4, 0.5) is 5.69 Å². The van der Waals surface area contributed by atoms with Gasteiger partial charge < -0.3 is 0 Å². The molecule has 118 valence electrons. The number of hydrogen-bond acceptors (Lipinski definition) is 3. The Labute approximate surface area is 146 Å². The van der Waals surface area contributed by atoms with E-state index in [4.69, 9.17) is 0 Å². The largest absolute Gasteiger partial charge is 0.289 e. The molecule has 0 aliphatic rings. The highest BCUT2D eigenvalue weighted by molar-refractivity contribution is 7.98. The number of para-hydroxylation sites is 1. The van der Waals surface area contributed by atoms with Gasteiger partial charge in [-0.1, -0.05) is 54.6 Å². The number of ketones is 1. The molecular formula is C21H17NOS. The van der Waals surface area contributed by atoms with Gasteiger partial charge in [-0.05, 0) is 36.1 Å². The number of benzene rings is 3. The van der Waals surface area contributed by atoms with Crippen molar-refractivity contribution in [2.24, 2.45) is 4.99 Å². The Morgan fingerprint density at radius 2 is 1.54 bits per heavy atom. The highest BCUT2D eigenvalue weighted by Gasteiger charge is 2.12. The van der Waals surface area contributed by atoms with Gasteiger partial charge in [0.1, 0.15) is 0 Å². The molecule has 0 unspecified atom stereocenters. The first-order valence-electron chi connectivity index (χ1n) is 7.65. The van der Waals surface area contributed by atoms with Crippen molar-refractivity contribution >= 4 is 29.4 Å². The first kappa shape index (κ1) is 16.2. The summed E-state index contributed by atoms with van der Waals surface area (Å²) in [6.07, 6.45) is 3.84. The van der Waals surface area contributed by atoms with E-state index in [-0.39, 0.29) is 5.78 Å². The van der Waals surface area contributed by atoms with E-state index < -0.39 is 0 Å². The van der Waals surface area contributed by atoms with Gasteiger partial charge in [0.25, 0.3) is 0 Å². The molecular weight excluding hydrogens is 314 g/mol. The topological polar surface area (TPSA) is 29.4 Å². The van der Waals surface area contributed by atoms with Crippen LogP contribution in [0.2, 0.25) is 0 Å². The fraction of sp³-hybridized carbons (Fsp3) is 0.0476. The van der Waals surface area contributed by atoms with E-state index in [1.165, 1.54) is 4.90 Å². The molecule has 3 aromatic rings. The van der Waals surface area contributed by atoms with E-state index in [9.17, 15) is 4.79 Å². The second kappa shape index (κ2) is 7.75. The second-order valence-corrected chi connectivity index (χ2v) is 6.12. The van der Waals surface area contributed by atoms with Crippen LogP contribution in [0.25, 0.3) is 0 Å². The van der Waals surface area contributed by atoms with E-state index in [1.807, 2.05) is 66.7 Å². The highest BCUT2D eigenvalue weighted by atomic mass is 32.2. The minimum atomic E-state index is -0.0129. The lowest BCUT2D eigenvalue weighted by molar-refractivity contribution is 0.103. The van der Waals surface area contributed by atoms with Gasteiger partial charge in [-0.3, -0.25) is 9.79 Å². The first-order chi connectivity index (χ1) is 11.8. The summed E-state index contributed by atoms with van der Waals surface area (Å²) in [7, 11) is 0. The monoisotopic (exact) mass is 331 g/mol. The molecule has 0 fully saturated rings. The van der Waals surface area contributed by atoms with Crippen LogP contribution in [0, 0.1) is 0 Å². The zero-order chi connectivity index (χ0) is 16.8. The molecule has 0 spiro atoms. The molecule has 0 N–H and O–H groups in total. The van der Waals surface area contributed by atoms with Crippen molar-refractivity contribution in [2.75, 3.05) is 6.26 Å². The standard InChI is InChI=1S/C21H17NOS/c1-24-18-13-11-16(12-14-18)15-22-20-10-6-5-9-19(20)21(23)17-7-3-2-4-8-17/h2-15H,1H3. The molecule has 0 aliphatic heterocycles. The van der Waals surface area contributed by atoms with Crippen LogP contribution in [0.5, 0.6) is 0 Å². The lowest BCUT2D eigenvalue weighted by atomic mass is 10.0. The molecule has 0 saturated carbocycles. The van der Waals surface area contributed by atoms with Crippen LogP contribution < -0.4 is 0 Å². The van der Waals surface area contributed by atoms with Crippen LogP contribution in [0.1, 0.15) is 21.5 Å². The predicted molar refractivity (Wildman–Crippen MR) is 102 cm³/mol. The average molecular weight is 331 g/mol. The molecule has 0 aromatic heterocycles. The Hall–Kier alpha value is -2.65. The fourth-order valence-electron chi connectivity index (χ4n) is 2.36. The van der Waals surface area contributed by atoms with Gasteiger partial charge in [-0.25, -0.2) is 0 Å². The van der Waals surface area contributed by atoms with Crippen LogP contribution in [-0.2, 0) is 0 Å². The molecule has 3 heteroatoms. The summed E-state index contributed by atoms with van der Waals surface area (Å²) in [5.41, 5.74) is 2.97. The van der Waals surface area contributed by atoms with Crippen LogP contribution in [0.15, 0.2) is 88.8 Å². The van der Waals surface area contributed by atoms with Crippen molar-refractivity contribution in [1.29, 1.82) is 0 Å². The summed E-state index contributed by atoms with van der Waals surface area (Å²) in [6, 6.07) is 24.9. The quantitative estimate of drug-likeness (QED) is 0.356. The molecule has 0 radical (unpaired) electrons. The van der Waals surface area contributed by atoms with Crippen molar-refractivity contribution in [1.82, 2.24) is 0 Å². The minimum absolute atomic E-state index is 0.0129. The molecule has 0 atom stereocenters. The minimum Gasteiger partial charge on any atom is -0.289 e. The maximum absolute atomic E-state index is 12.7. The predicted octanol–water partition coefficient (Wildman–Crippen LogP) is 5.39. The molecule has 3 rings (SSSR count). The third kappa shape index (κ3) is 3.81. The molecule has 0 heterocycles. The molecule has 0 amide bonds. The van der Waals surface area contributed by atoms with Crippen LogP contribution in [0.3, 0.4) is 0 Å². The summed E-state index contributed by atoms with van der Waals surface area (Å²) in [5.74, 6) is -0.0129. The number of thioether (sulfide) groups is 1. The average Bonchev–Trinajstić information content (AvgIpc) is 2.67. The summed E-state index contributed by atoms with van der Waals surface area (Å²) < 4.78 is 0.